The Bertz CT molecular complexity index is 375. The van der Waals surface area contributed by atoms with E-state index in [1.165, 1.54) is 0 Å². The molecule has 1 aromatic rings. The minimum Gasteiger partial charge on any atom is -0.396 e. The van der Waals surface area contributed by atoms with Crippen LogP contribution in [0, 0.1) is 12.8 Å². The number of nitrogens with zero attached hydrogens (tertiary/aromatic N) is 3. The van der Waals surface area contributed by atoms with Gasteiger partial charge in [0.15, 0.2) is 0 Å². The molecule has 0 spiro atoms. The summed E-state index contributed by atoms with van der Waals surface area (Å²) in [6, 6.07) is 0. The molecule has 88 valence electrons. The lowest BCUT2D eigenvalue weighted by atomic mass is 10.1. The van der Waals surface area contributed by atoms with Crippen molar-refractivity contribution in [1.82, 2.24) is 14.5 Å². The molecule has 0 aromatic carbocycles. The SMILES string of the molecule is Cc1nccn1CCN1CC(CO)CC1=O. The number of likely N-dealkylation sites (tertiary alicyclic amines) is 1. The summed E-state index contributed by atoms with van der Waals surface area (Å²) < 4.78 is 2.03. The first-order valence-electron chi connectivity index (χ1n) is 5.57. The number of aliphatic hydroxyl groups excluding tert-OH is 1. The van der Waals surface area contributed by atoms with Crippen molar-refractivity contribution in [2.24, 2.45) is 5.92 Å². The Morgan fingerprint density at radius 3 is 2.94 bits per heavy atom. The molecule has 16 heavy (non-hydrogen) atoms. The molecule has 1 aliphatic heterocycles. The molecule has 0 aliphatic carbocycles. The van der Waals surface area contributed by atoms with Gasteiger partial charge in [-0.15, -0.1) is 0 Å². The summed E-state index contributed by atoms with van der Waals surface area (Å²) in [6.45, 7) is 4.21. The summed E-state index contributed by atoms with van der Waals surface area (Å²) in [7, 11) is 0. The van der Waals surface area contributed by atoms with Crippen LogP contribution in [0.1, 0.15) is 12.2 Å². The summed E-state index contributed by atoms with van der Waals surface area (Å²) in [5.41, 5.74) is 0. The normalized spacial score (nSPS) is 20.8. The number of imidazole rings is 1. The number of aliphatic hydroxyl groups is 1. The smallest absolute Gasteiger partial charge is 0.223 e. The zero-order chi connectivity index (χ0) is 11.5. The molecule has 1 atom stereocenters. The number of hydrogen-bond acceptors (Lipinski definition) is 3. The quantitative estimate of drug-likeness (QED) is 0.783. The first kappa shape index (κ1) is 11.1. The monoisotopic (exact) mass is 223 g/mol. The fourth-order valence-electron chi connectivity index (χ4n) is 2.06. The minimum absolute atomic E-state index is 0.104. The standard InChI is InChI=1S/C11H17N3O2/c1-9-12-2-3-13(9)4-5-14-7-10(8-15)6-11(14)16/h2-3,10,15H,4-8H2,1H3. The van der Waals surface area contributed by atoms with E-state index in [1.807, 2.05) is 22.6 Å². The maximum Gasteiger partial charge on any atom is 0.223 e. The van der Waals surface area contributed by atoms with Crippen LogP contribution in [0.15, 0.2) is 12.4 Å². The molecule has 1 amide bonds. The predicted octanol–water partition coefficient (Wildman–Crippen LogP) is 0.0323. The van der Waals surface area contributed by atoms with E-state index < -0.39 is 0 Å². The van der Waals surface area contributed by atoms with Crippen LogP contribution in [0.25, 0.3) is 0 Å². The zero-order valence-electron chi connectivity index (χ0n) is 9.46. The van der Waals surface area contributed by atoms with Crippen LogP contribution >= 0.6 is 0 Å². The first-order chi connectivity index (χ1) is 7.70. The first-order valence-corrected chi connectivity index (χ1v) is 5.57. The van der Waals surface area contributed by atoms with Crippen LogP contribution in [0.2, 0.25) is 0 Å². The Labute approximate surface area is 94.7 Å². The van der Waals surface area contributed by atoms with E-state index in [9.17, 15) is 4.79 Å². The van der Waals surface area contributed by atoms with Crippen molar-refractivity contribution in [3.63, 3.8) is 0 Å². The van der Waals surface area contributed by atoms with Crippen molar-refractivity contribution in [2.75, 3.05) is 19.7 Å². The van der Waals surface area contributed by atoms with Crippen LogP contribution in [0.3, 0.4) is 0 Å². The van der Waals surface area contributed by atoms with E-state index in [-0.39, 0.29) is 18.4 Å². The van der Waals surface area contributed by atoms with Crippen molar-refractivity contribution in [3.05, 3.63) is 18.2 Å². The summed E-state index contributed by atoms with van der Waals surface area (Å²) in [6.07, 6.45) is 4.16. The topological polar surface area (TPSA) is 58.4 Å². The highest BCUT2D eigenvalue weighted by molar-refractivity contribution is 5.78. The van der Waals surface area contributed by atoms with E-state index in [0.717, 1.165) is 12.4 Å². The van der Waals surface area contributed by atoms with Gasteiger partial charge in [0.05, 0.1) is 0 Å². The maximum atomic E-state index is 11.6. The number of aromatic nitrogens is 2. The summed E-state index contributed by atoms with van der Waals surface area (Å²) in [5, 5.41) is 9.00. The number of rotatable bonds is 4. The van der Waals surface area contributed by atoms with Gasteiger partial charge in [0.1, 0.15) is 5.82 Å². The lowest BCUT2D eigenvalue weighted by molar-refractivity contribution is -0.127. The minimum atomic E-state index is 0.104. The van der Waals surface area contributed by atoms with E-state index in [0.29, 0.717) is 19.5 Å². The molecular weight excluding hydrogens is 206 g/mol. The third-order valence-corrected chi connectivity index (χ3v) is 3.09. The number of hydrogen-bond donors (Lipinski definition) is 1. The molecular formula is C11H17N3O2. The Morgan fingerprint density at radius 2 is 2.38 bits per heavy atom. The lowest BCUT2D eigenvalue weighted by Crippen LogP contribution is -2.29. The third kappa shape index (κ3) is 2.24. The fraction of sp³-hybridized carbons (Fsp3) is 0.636. The largest absolute Gasteiger partial charge is 0.396 e. The molecule has 0 saturated carbocycles. The number of amides is 1. The molecule has 2 rings (SSSR count). The van der Waals surface area contributed by atoms with Crippen molar-refractivity contribution < 1.29 is 9.90 Å². The second-order valence-corrected chi connectivity index (χ2v) is 4.26. The molecule has 0 radical (unpaired) electrons. The van der Waals surface area contributed by atoms with E-state index in [2.05, 4.69) is 4.98 Å². The van der Waals surface area contributed by atoms with Crippen LogP contribution in [0.4, 0.5) is 0 Å². The molecule has 1 N–H and O–H groups in total. The average molecular weight is 223 g/mol. The zero-order valence-corrected chi connectivity index (χ0v) is 9.46. The van der Waals surface area contributed by atoms with Gasteiger partial charge in [0.25, 0.3) is 0 Å². The summed E-state index contributed by atoms with van der Waals surface area (Å²) >= 11 is 0. The van der Waals surface area contributed by atoms with E-state index >= 15 is 0 Å². The van der Waals surface area contributed by atoms with Gasteiger partial charge in [-0.2, -0.15) is 0 Å². The van der Waals surface area contributed by atoms with Gasteiger partial charge in [-0.05, 0) is 6.92 Å². The Morgan fingerprint density at radius 1 is 1.56 bits per heavy atom. The molecule has 5 nitrogen and oxygen atoms in total. The maximum absolute atomic E-state index is 11.6. The number of carbonyl (C=O) groups excluding carboxylic acids is 1. The molecule has 1 aliphatic rings. The van der Waals surface area contributed by atoms with Crippen molar-refractivity contribution >= 4 is 5.91 Å². The lowest BCUT2D eigenvalue weighted by Gasteiger charge is -2.16. The summed E-state index contributed by atoms with van der Waals surface area (Å²) in [4.78, 5) is 17.5. The van der Waals surface area contributed by atoms with Crippen LogP contribution in [0.5, 0.6) is 0 Å². The number of aryl methyl sites for hydroxylation is 1. The highest BCUT2D eigenvalue weighted by Gasteiger charge is 2.28. The van der Waals surface area contributed by atoms with Crippen LogP contribution < -0.4 is 0 Å². The van der Waals surface area contributed by atoms with Gasteiger partial charge in [0.2, 0.25) is 5.91 Å². The Hall–Kier alpha value is -1.36. The van der Waals surface area contributed by atoms with E-state index in [1.54, 1.807) is 6.20 Å². The molecule has 1 aromatic heterocycles. The van der Waals surface area contributed by atoms with Gasteiger partial charge >= 0.3 is 0 Å². The second kappa shape index (κ2) is 4.65. The molecule has 2 heterocycles. The molecule has 5 heteroatoms. The highest BCUT2D eigenvalue weighted by Crippen LogP contribution is 2.16. The van der Waals surface area contributed by atoms with Crippen LogP contribution in [-0.4, -0.2) is 45.2 Å². The molecule has 1 saturated heterocycles. The van der Waals surface area contributed by atoms with E-state index in [4.69, 9.17) is 5.11 Å². The molecule has 1 unspecified atom stereocenters. The van der Waals surface area contributed by atoms with Crippen LogP contribution in [-0.2, 0) is 11.3 Å². The Kier molecular flexibility index (Phi) is 3.24. The number of carbonyl (C=O) groups is 1. The predicted molar refractivity (Wildman–Crippen MR) is 58.7 cm³/mol. The summed E-state index contributed by atoms with van der Waals surface area (Å²) in [5.74, 6) is 1.23. The third-order valence-electron chi connectivity index (χ3n) is 3.09. The van der Waals surface area contributed by atoms with Gasteiger partial charge in [-0.1, -0.05) is 0 Å². The van der Waals surface area contributed by atoms with Gasteiger partial charge in [-0.25, -0.2) is 4.98 Å². The highest BCUT2D eigenvalue weighted by atomic mass is 16.3. The van der Waals surface area contributed by atoms with Crippen molar-refractivity contribution in [1.29, 1.82) is 0 Å². The van der Waals surface area contributed by atoms with Crippen molar-refractivity contribution in [2.45, 2.75) is 19.9 Å². The molecule has 0 bridgehead atoms. The van der Waals surface area contributed by atoms with Gasteiger partial charge in [-0.3, -0.25) is 4.79 Å². The fourth-order valence-corrected chi connectivity index (χ4v) is 2.06. The van der Waals surface area contributed by atoms with Gasteiger partial charge in [0, 0.05) is 51.0 Å². The molecule has 1 fully saturated rings. The Balaban J connectivity index is 1.87. The average Bonchev–Trinajstić information content (AvgIpc) is 2.82. The van der Waals surface area contributed by atoms with Gasteiger partial charge < -0.3 is 14.6 Å². The second-order valence-electron chi connectivity index (χ2n) is 4.26. The van der Waals surface area contributed by atoms with Crippen molar-refractivity contribution in [3.8, 4) is 0 Å².